The summed E-state index contributed by atoms with van der Waals surface area (Å²) in [5, 5.41) is 15.1. The van der Waals surface area contributed by atoms with Gasteiger partial charge in [-0.2, -0.15) is 13.2 Å². The first kappa shape index (κ1) is 23.0. The number of carboxylic acids is 1. The van der Waals surface area contributed by atoms with E-state index in [1.807, 2.05) is 13.0 Å². The van der Waals surface area contributed by atoms with E-state index in [9.17, 15) is 23.1 Å². The second-order valence-electron chi connectivity index (χ2n) is 7.52. The van der Waals surface area contributed by atoms with Gasteiger partial charge in [-0.3, -0.25) is 0 Å². The van der Waals surface area contributed by atoms with Crippen LogP contribution in [-0.4, -0.2) is 31.6 Å². The van der Waals surface area contributed by atoms with Crippen LogP contribution in [0.1, 0.15) is 31.5 Å². The maximum absolute atomic E-state index is 12.9. The molecule has 0 aliphatic rings. The number of carbonyl (C=O) groups is 1. The number of carboxylic acid groups (broad SMARTS) is 1. The molecule has 0 fully saturated rings. The van der Waals surface area contributed by atoms with E-state index < -0.39 is 23.4 Å². The van der Waals surface area contributed by atoms with Crippen LogP contribution in [0.3, 0.4) is 0 Å². The number of hydrogen-bond acceptors (Lipinski definition) is 6. The van der Waals surface area contributed by atoms with Gasteiger partial charge in [-0.05, 0) is 61.7 Å². The first-order valence-corrected chi connectivity index (χ1v) is 9.77. The third-order valence-corrected chi connectivity index (χ3v) is 4.96. The molecule has 0 saturated carbocycles. The standard InChI is InChI=1S/C22H22F3N5O2/c1-4-21(3,19(31)32)30-18-6-5-14(12-27-18)15-9-13(2)10-16(11-15)28-20-26-8-7-17(29-20)22(23,24)25/h5-12H,4H2,1-3H3,(H,27,30)(H,31,32)(H,26,28,29). The normalized spacial score (nSPS) is 13.3. The molecule has 2 heterocycles. The smallest absolute Gasteiger partial charge is 0.433 e. The highest BCUT2D eigenvalue weighted by Crippen LogP contribution is 2.30. The summed E-state index contributed by atoms with van der Waals surface area (Å²) < 4.78 is 38.7. The van der Waals surface area contributed by atoms with E-state index in [2.05, 4.69) is 25.6 Å². The average Bonchev–Trinajstić information content (AvgIpc) is 2.73. The van der Waals surface area contributed by atoms with Crippen LogP contribution in [-0.2, 0) is 11.0 Å². The number of benzene rings is 1. The number of aromatic nitrogens is 3. The number of aliphatic carboxylic acids is 1. The summed E-state index contributed by atoms with van der Waals surface area (Å²) in [6.45, 7) is 5.20. The van der Waals surface area contributed by atoms with Crippen LogP contribution in [0.15, 0.2) is 48.8 Å². The molecule has 3 aromatic rings. The number of pyridine rings is 1. The molecule has 3 rings (SSSR count). The number of aryl methyl sites for hydroxylation is 1. The van der Waals surface area contributed by atoms with Gasteiger partial charge < -0.3 is 15.7 Å². The lowest BCUT2D eigenvalue weighted by atomic mass is 9.99. The third-order valence-electron chi connectivity index (χ3n) is 4.96. The molecule has 0 aliphatic carbocycles. The SMILES string of the molecule is CCC(C)(Nc1ccc(-c2cc(C)cc(Nc3nccc(C(F)(F)F)n3)c2)cn1)C(=O)O. The van der Waals surface area contributed by atoms with E-state index in [1.165, 1.54) is 0 Å². The van der Waals surface area contributed by atoms with Crippen LogP contribution in [0.4, 0.5) is 30.6 Å². The maximum atomic E-state index is 12.9. The Morgan fingerprint density at radius 1 is 1.09 bits per heavy atom. The first-order chi connectivity index (χ1) is 15.0. The van der Waals surface area contributed by atoms with Crippen molar-refractivity contribution in [1.82, 2.24) is 15.0 Å². The number of nitrogens with one attached hydrogen (secondary N) is 2. The second-order valence-corrected chi connectivity index (χ2v) is 7.52. The highest BCUT2D eigenvalue weighted by molar-refractivity contribution is 5.82. The van der Waals surface area contributed by atoms with E-state index >= 15 is 0 Å². The monoisotopic (exact) mass is 445 g/mol. The van der Waals surface area contributed by atoms with E-state index in [0.717, 1.165) is 29.0 Å². The molecule has 0 spiro atoms. The van der Waals surface area contributed by atoms with E-state index in [-0.39, 0.29) is 5.95 Å². The number of halogens is 3. The Morgan fingerprint density at radius 2 is 1.84 bits per heavy atom. The fourth-order valence-corrected chi connectivity index (χ4v) is 2.94. The molecule has 0 saturated heterocycles. The zero-order valence-electron chi connectivity index (χ0n) is 17.7. The van der Waals surface area contributed by atoms with Crippen molar-refractivity contribution in [2.24, 2.45) is 0 Å². The molecule has 3 N–H and O–H groups in total. The van der Waals surface area contributed by atoms with Gasteiger partial charge in [0.2, 0.25) is 5.95 Å². The van der Waals surface area contributed by atoms with E-state index in [4.69, 9.17) is 0 Å². The molecule has 0 bridgehead atoms. The third kappa shape index (κ3) is 5.32. The molecule has 7 nitrogen and oxygen atoms in total. The van der Waals surface area contributed by atoms with Crippen LogP contribution in [0, 0.1) is 6.92 Å². The number of alkyl halides is 3. The van der Waals surface area contributed by atoms with Crippen molar-refractivity contribution in [3.05, 3.63) is 60.0 Å². The zero-order chi connectivity index (χ0) is 23.5. The minimum absolute atomic E-state index is 0.165. The molecular weight excluding hydrogens is 423 g/mol. The molecular formula is C22H22F3N5O2. The summed E-state index contributed by atoms with van der Waals surface area (Å²) in [6.07, 6.45) is -1.55. The molecule has 1 atom stereocenters. The fourth-order valence-electron chi connectivity index (χ4n) is 2.94. The highest BCUT2D eigenvalue weighted by Gasteiger charge is 2.33. The van der Waals surface area contributed by atoms with Crippen molar-refractivity contribution in [1.29, 1.82) is 0 Å². The number of hydrogen-bond donors (Lipinski definition) is 3. The minimum atomic E-state index is -4.56. The predicted molar refractivity (Wildman–Crippen MR) is 115 cm³/mol. The maximum Gasteiger partial charge on any atom is 0.433 e. The Morgan fingerprint density at radius 3 is 2.44 bits per heavy atom. The number of rotatable bonds is 7. The van der Waals surface area contributed by atoms with Gasteiger partial charge >= 0.3 is 12.1 Å². The zero-order valence-corrected chi connectivity index (χ0v) is 17.7. The Balaban J connectivity index is 1.84. The minimum Gasteiger partial charge on any atom is -0.480 e. The van der Waals surface area contributed by atoms with Gasteiger partial charge in [0.1, 0.15) is 17.1 Å². The van der Waals surface area contributed by atoms with Gasteiger partial charge in [0, 0.05) is 23.6 Å². The van der Waals surface area contributed by atoms with Crippen molar-refractivity contribution in [2.75, 3.05) is 10.6 Å². The van der Waals surface area contributed by atoms with Crippen molar-refractivity contribution in [2.45, 2.75) is 38.9 Å². The molecule has 10 heteroatoms. The topological polar surface area (TPSA) is 100 Å². The van der Waals surface area contributed by atoms with Gasteiger partial charge in [0.25, 0.3) is 0 Å². The van der Waals surface area contributed by atoms with Gasteiger partial charge in [0.15, 0.2) is 0 Å². The largest absolute Gasteiger partial charge is 0.480 e. The van der Waals surface area contributed by atoms with E-state index in [0.29, 0.717) is 17.9 Å². The van der Waals surface area contributed by atoms with Crippen molar-refractivity contribution in [3.8, 4) is 11.1 Å². The molecule has 1 unspecified atom stereocenters. The van der Waals surface area contributed by atoms with Crippen LogP contribution in [0.5, 0.6) is 0 Å². The lowest BCUT2D eigenvalue weighted by Gasteiger charge is -2.25. The van der Waals surface area contributed by atoms with Gasteiger partial charge in [-0.15, -0.1) is 0 Å². The average molecular weight is 445 g/mol. The first-order valence-electron chi connectivity index (χ1n) is 9.77. The summed E-state index contributed by atoms with van der Waals surface area (Å²) in [7, 11) is 0. The summed E-state index contributed by atoms with van der Waals surface area (Å²) in [4.78, 5) is 23.2. The van der Waals surface area contributed by atoms with Gasteiger partial charge in [0.05, 0.1) is 0 Å². The fraction of sp³-hybridized carbons (Fsp3) is 0.273. The summed E-state index contributed by atoms with van der Waals surface area (Å²) in [5.41, 5.74) is 0.737. The molecule has 168 valence electrons. The lowest BCUT2D eigenvalue weighted by Crippen LogP contribution is -2.42. The van der Waals surface area contributed by atoms with Crippen molar-refractivity contribution >= 4 is 23.4 Å². The Hall–Kier alpha value is -3.69. The Bertz CT molecular complexity index is 1120. The van der Waals surface area contributed by atoms with Crippen molar-refractivity contribution < 1.29 is 23.1 Å². The summed E-state index contributed by atoms with van der Waals surface area (Å²) >= 11 is 0. The molecule has 0 amide bonds. The summed E-state index contributed by atoms with van der Waals surface area (Å²) in [6, 6.07) is 9.67. The highest BCUT2D eigenvalue weighted by atomic mass is 19.4. The second kappa shape index (κ2) is 8.81. The number of nitrogens with zero attached hydrogens (tertiary/aromatic N) is 3. The van der Waals surface area contributed by atoms with Gasteiger partial charge in [-0.1, -0.05) is 13.0 Å². The molecule has 0 aliphatic heterocycles. The van der Waals surface area contributed by atoms with Crippen LogP contribution in [0.2, 0.25) is 0 Å². The van der Waals surface area contributed by atoms with Crippen molar-refractivity contribution in [3.63, 3.8) is 0 Å². The van der Waals surface area contributed by atoms with Gasteiger partial charge in [-0.25, -0.2) is 19.7 Å². The quantitative estimate of drug-likeness (QED) is 0.455. The summed E-state index contributed by atoms with van der Waals surface area (Å²) in [5.74, 6) is -0.720. The molecule has 2 aromatic heterocycles. The molecule has 1 aromatic carbocycles. The molecule has 32 heavy (non-hydrogen) atoms. The van der Waals surface area contributed by atoms with Crippen LogP contribution < -0.4 is 10.6 Å². The van der Waals surface area contributed by atoms with E-state index in [1.54, 1.807) is 44.3 Å². The number of anilines is 3. The van der Waals surface area contributed by atoms with Crippen LogP contribution >= 0.6 is 0 Å². The van der Waals surface area contributed by atoms with Crippen LogP contribution in [0.25, 0.3) is 11.1 Å². The Labute approximate surface area is 182 Å². The molecule has 0 radical (unpaired) electrons. The Kier molecular flexibility index (Phi) is 6.33. The predicted octanol–water partition coefficient (Wildman–Crippen LogP) is 5.27. The lowest BCUT2D eigenvalue weighted by molar-refractivity contribution is -0.142.